The van der Waals surface area contributed by atoms with Gasteiger partial charge in [-0.3, -0.25) is 9.78 Å². The highest BCUT2D eigenvalue weighted by Gasteiger charge is 2.51. The number of carbonyl (C=O) groups is 1. The molecule has 120 valence electrons. The standard InChI is InChI=1S/C18H14ClN3OS/c19-14-5-1-4-13(9-14)18(6-7-18)16(23)22-17-21-15(11-24-17)12-3-2-8-20-10-12/h1-5,8-11H,6-7H2,(H,21,22,23). The molecule has 2 heterocycles. The fourth-order valence-corrected chi connectivity index (χ4v) is 3.66. The Labute approximate surface area is 148 Å². The number of carbonyl (C=O) groups excluding carboxylic acids is 1. The van der Waals surface area contributed by atoms with Crippen molar-refractivity contribution in [2.75, 3.05) is 5.32 Å². The fraction of sp³-hybridized carbons (Fsp3) is 0.167. The topological polar surface area (TPSA) is 54.9 Å². The molecule has 0 spiro atoms. The second-order valence-corrected chi connectivity index (χ2v) is 7.12. The van der Waals surface area contributed by atoms with Gasteiger partial charge < -0.3 is 5.32 Å². The summed E-state index contributed by atoms with van der Waals surface area (Å²) in [5.41, 5.74) is 2.25. The molecule has 4 rings (SSSR count). The van der Waals surface area contributed by atoms with Crippen LogP contribution in [0.3, 0.4) is 0 Å². The van der Waals surface area contributed by atoms with Gasteiger partial charge in [-0.05, 0) is 42.7 Å². The molecule has 4 nitrogen and oxygen atoms in total. The maximum Gasteiger partial charge on any atom is 0.236 e. The lowest BCUT2D eigenvalue weighted by Crippen LogP contribution is -2.27. The first kappa shape index (κ1) is 15.3. The number of halogens is 1. The van der Waals surface area contributed by atoms with Gasteiger partial charge in [0, 0.05) is 28.4 Å². The number of anilines is 1. The van der Waals surface area contributed by atoms with Crippen molar-refractivity contribution in [2.45, 2.75) is 18.3 Å². The van der Waals surface area contributed by atoms with E-state index in [2.05, 4.69) is 15.3 Å². The molecule has 24 heavy (non-hydrogen) atoms. The van der Waals surface area contributed by atoms with E-state index < -0.39 is 5.41 Å². The SMILES string of the molecule is O=C(Nc1nc(-c2cccnc2)cs1)C1(c2cccc(Cl)c2)CC1. The molecule has 0 bridgehead atoms. The maximum atomic E-state index is 12.8. The Morgan fingerprint density at radius 2 is 2.12 bits per heavy atom. The Balaban J connectivity index is 1.54. The van der Waals surface area contributed by atoms with E-state index >= 15 is 0 Å². The summed E-state index contributed by atoms with van der Waals surface area (Å²) < 4.78 is 0. The normalized spacial score (nSPS) is 15.0. The highest BCUT2D eigenvalue weighted by molar-refractivity contribution is 7.14. The van der Waals surface area contributed by atoms with Gasteiger partial charge in [-0.25, -0.2) is 4.98 Å². The van der Waals surface area contributed by atoms with Crippen molar-refractivity contribution >= 4 is 34.0 Å². The van der Waals surface area contributed by atoms with Crippen LogP contribution >= 0.6 is 22.9 Å². The summed E-state index contributed by atoms with van der Waals surface area (Å²) in [6.45, 7) is 0. The van der Waals surface area contributed by atoms with E-state index in [0.29, 0.717) is 10.2 Å². The lowest BCUT2D eigenvalue weighted by Gasteiger charge is -2.14. The molecule has 1 aromatic carbocycles. The highest BCUT2D eigenvalue weighted by atomic mass is 35.5. The number of thiazole rings is 1. The quantitative estimate of drug-likeness (QED) is 0.748. The van der Waals surface area contributed by atoms with E-state index in [9.17, 15) is 4.79 Å². The minimum Gasteiger partial charge on any atom is -0.301 e. The summed E-state index contributed by atoms with van der Waals surface area (Å²) in [5.74, 6) is -0.0168. The third-order valence-electron chi connectivity index (χ3n) is 4.24. The van der Waals surface area contributed by atoms with Gasteiger partial charge in [0.2, 0.25) is 5.91 Å². The zero-order valence-electron chi connectivity index (χ0n) is 12.7. The molecule has 3 aromatic rings. The Hall–Kier alpha value is -2.24. The molecule has 0 aliphatic heterocycles. The van der Waals surface area contributed by atoms with Crippen LogP contribution in [0.15, 0.2) is 54.2 Å². The molecule has 1 aliphatic rings. The summed E-state index contributed by atoms with van der Waals surface area (Å²) in [5, 5.41) is 6.14. The van der Waals surface area contributed by atoms with E-state index in [1.807, 2.05) is 41.8 Å². The lowest BCUT2D eigenvalue weighted by atomic mass is 9.95. The number of nitrogens with zero attached hydrogens (tertiary/aromatic N) is 2. The molecule has 1 fully saturated rings. The number of benzene rings is 1. The minimum absolute atomic E-state index is 0.0168. The molecule has 0 saturated heterocycles. The second-order valence-electron chi connectivity index (χ2n) is 5.83. The van der Waals surface area contributed by atoms with E-state index in [1.54, 1.807) is 12.4 Å². The molecule has 1 amide bonds. The first-order chi connectivity index (χ1) is 11.7. The molecule has 6 heteroatoms. The molecular weight excluding hydrogens is 342 g/mol. The van der Waals surface area contributed by atoms with Gasteiger partial charge in [0.25, 0.3) is 0 Å². The third kappa shape index (κ3) is 2.81. The molecular formula is C18H14ClN3OS. The van der Waals surface area contributed by atoms with E-state index in [4.69, 9.17) is 11.6 Å². The largest absolute Gasteiger partial charge is 0.301 e. The van der Waals surface area contributed by atoms with Crippen LogP contribution in [0.25, 0.3) is 11.3 Å². The zero-order chi connectivity index (χ0) is 16.6. The molecule has 0 atom stereocenters. The molecule has 0 unspecified atom stereocenters. The molecule has 1 aliphatic carbocycles. The van der Waals surface area contributed by atoms with Crippen molar-refractivity contribution < 1.29 is 4.79 Å². The number of amides is 1. The Bertz CT molecular complexity index is 890. The van der Waals surface area contributed by atoms with Gasteiger partial charge in [-0.1, -0.05) is 23.7 Å². The Kier molecular flexibility index (Phi) is 3.82. The van der Waals surface area contributed by atoms with Crippen molar-refractivity contribution in [1.82, 2.24) is 9.97 Å². The molecule has 1 saturated carbocycles. The number of pyridine rings is 1. The minimum atomic E-state index is -0.467. The van der Waals surface area contributed by atoms with E-state index in [-0.39, 0.29) is 5.91 Å². The summed E-state index contributed by atoms with van der Waals surface area (Å²) in [6, 6.07) is 11.3. The molecule has 2 aromatic heterocycles. The van der Waals surface area contributed by atoms with Crippen molar-refractivity contribution in [3.63, 3.8) is 0 Å². The van der Waals surface area contributed by atoms with Crippen molar-refractivity contribution in [1.29, 1.82) is 0 Å². The van der Waals surface area contributed by atoms with E-state index in [0.717, 1.165) is 29.7 Å². The van der Waals surface area contributed by atoms with E-state index in [1.165, 1.54) is 11.3 Å². The van der Waals surface area contributed by atoms with Gasteiger partial charge in [0.15, 0.2) is 5.13 Å². The molecule has 1 N–H and O–H groups in total. The first-order valence-corrected chi connectivity index (χ1v) is 8.87. The number of hydrogen-bond acceptors (Lipinski definition) is 4. The van der Waals surface area contributed by atoms with Crippen LogP contribution in [0.2, 0.25) is 5.02 Å². The average Bonchev–Trinajstić information content (AvgIpc) is 3.30. The lowest BCUT2D eigenvalue weighted by molar-refractivity contribution is -0.118. The number of hydrogen-bond donors (Lipinski definition) is 1. The molecule has 0 radical (unpaired) electrons. The summed E-state index contributed by atoms with van der Waals surface area (Å²) >= 11 is 7.48. The van der Waals surface area contributed by atoms with Crippen LogP contribution in [-0.2, 0) is 10.2 Å². The maximum absolute atomic E-state index is 12.8. The highest BCUT2D eigenvalue weighted by Crippen LogP contribution is 2.49. The Morgan fingerprint density at radius 1 is 1.25 bits per heavy atom. The summed E-state index contributed by atoms with van der Waals surface area (Å²) in [4.78, 5) is 21.3. The van der Waals surface area contributed by atoms with Crippen LogP contribution in [0.4, 0.5) is 5.13 Å². The Morgan fingerprint density at radius 3 is 2.83 bits per heavy atom. The van der Waals surface area contributed by atoms with Crippen LogP contribution in [0, 0.1) is 0 Å². The average molecular weight is 356 g/mol. The van der Waals surface area contributed by atoms with Crippen molar-refractivity contribution in [3.05, 3.63) is 64.8 Å². The van der Waals surface area contributed by atoms with Gasteiger partial charge in [0.1, 0.15) is 0 Å². The second kappa shape index (κ2) is 6.00. The van der Waals surface area contributed by atoms with Crippen LogP contribution < -0.4 is 5.32 Å². The number of nitrogens with one attached hydrogen (secondary N) is 1. The number of aromatic nitrogens is 2. The predicted octanol–water partition coefficient (Wildman–Crippen LogP) is 4.53. The van der Waals surface area contributed by atoms with Gasteiger partial charge in [-0.15, -0.1) is 11.3 Å². The van der Waals surface area contributed by atoms with Gasteiger partial charge in [-0.2, -0.15) is 0 Å². The fourth-order valence-electron chi connectivity index (χ4n) is 2.75. The summed E-state index contributed by atoms with van der Waals surface area (Å²) in [7, 11) is 0. The van der Waals surface area contributed by atoms with Gasteiger partial charge in [0.05, 0.1) is 11.1 Å². The van der Waals surface area contributed by atoms with Gasteiger partial charge >= 0.3 is 0 Å². The predicted molar refractivity (Wildman–Crippen MR) is 96.3 cm³/mol. The van der Waals surface area contributed by atoms with Crippen LogP contribution in [0.1, 0.15) is 18.4 Å². The number of rotatable bonds is 4. The first-order valence-electron chi connectivity index (χ1n) is 7.61. The van der Waals surface area contributed by atoms with Crippen molar-refractivity contribution in [3.8, 4) is 11.3 Å². The summed E-state index contributed by atoms with van der Waals surface area (Å²) in [6.07, 6.45) is 5.15. The monoisotopic (exact) mass is 355 g/mol. The third-order valence-corrected chi connectivity index (χ3v) is 5.24. The van der Waals surface area contributed by atoms with Crippen molar-refractivity contribution in [2.24, 2.45) is 0 Å². The van der Waals surface area contributed by atoms with Crippen LogP contribution in [0.5, 0.6) is 0 Å². The van der Waals surface area contributed by atoms with Crippen LogP contribution in [-0.4, -0.2) is 15.9 Å². The smallest absolute Gasteiger partial charge is 0.236 e. The zero-order valence-corrected chi connectivity index (χ0v) is 14.3.